The second-order valence-electron chi connectivity index (χ2n) is 4.62. The summed E-state index contributed by atoms with van der Waals surface area (Å²) in [5.74, 6) is 0. The summed E-state index contributed by atoms with van der Waals surface area (Å²) in [6, 6.07) is 0.156. The van der Waals surface area contributed by atoms with Crippen LogP contribution in [0.15, 0.2) is 0 Å². The van der Waals surface area contributed by atoms with Crippen molar-refractivity contribution in [2.45, 2.75) is 50.3 Å². The van der Waals surface area contributed by atoms with Crippen molar-refractivity contribution >= 4 is 0 Å². The van der Waals surface area contributed by atoms with Gasteiger partial charge in [0.1, 0.15) is 0 Å². The molecular formula is C10H19NO2. The number of ether oxygens (including phenoxy) is 1. The van der Waals surface area contributed by atoms with Crippen LogP contribution in [0.3, 0.4) is 0 Å². The fraction of sp³-hybridized carbons (Fsp3) is 1.00. The maximum absolute atomic E-state index is 9.58. The smallest absolute Gasteiger partial charge is 0.0948 e. The Bertz CT molecular complexity index is 178. The van der Waals surface area contributed by atoms with Crippen LogP contribution in [0.1, 0.15) is 32.6 Å². The Morgan fingerprint density at radius 2 is 2.00 bits per heavy atom. The predicted molar refractivity (Wildman–Crippen MR) is 50.6 cm³/mol. The number of hydrogen-bond acceptors (Lipinski definition) is 3. The summed E-state index contributed by atoms with van der Waals surface area (Å²) >= 11 is 0. The van der Waals surface area contributed by atoms with E-state index in [-0.39, 0.29) is 17.7 Å². The molecular weight excluding hydrogens is 166 g/mol. The Balaban J connectivity index is 1.88. The van der Waals surface area contributed by atoms with Crippen molar-refractivity contribution in [3.05, 3.63) is 0 Å². The lowest BCUT2D eigenvalue weighted by molar-refractivity contribution is 0.118. The van der Waals surface area contributed by atoms with Gasteiger partial charge in [0.2, 0.25) is 0 Å². The first-order valence-electron chi connectivity index (χ1n) is 5.23. The first-order chi connectivity index (χ1) is 6.20. The molecule has 0 aromatic carbocycles. The summed E-state index contributed by atoms with van der Waals surface area (Å²) in [7, 11) is 0. The van der Waals surface area contributed by atoms with Crippen molar-refractivity contribution in [2.24, 2.45) is 0 Å². The van der Waals surface area contributed by atoms with Gasteiger partial charge in [-0.15, -0.1) is 0 Å². The minimum absolute atomic E-state index is 0.156. The van der Waals surface area contributed by atoms with E-state index in [0.29, 0.717) is 13.2 Å². The summed E-state index contributed by atoms with van der Waals surface area (Å²) in [5.41, 5.74) is 0.249. The standard InChI is InChI=1S/C10H19NO2/c1-10(4-2-3-5-10)11-8-6-13-7-9(8)12/h8-9,11-12H,2-7H2,1H3. The van der Waals surface area contributed by atoms with E-state index in [1.54, 1.807) is 0 Å². The molecule has 0 radical (unpaired) electrons. The van der Waals surface area contributed by atoms with Crippen molar-refractivity contribution in [2.75, 3.05) is 13.2 Å². The summed E-state index contributed by atoms with van der Waals surface area (Å²) < 4.78 is 5.21. The van der Waals surface area contributed by atoms with Crippen LogP contribution in [0.4, 0.5) is 0 Å². The average molecular weight is 185 g/mol. The molecule has 2 unspecified atom stereocenters. The highest BCUT2D eigenvalue weighted by atomic mass is 16.5. The zero-order chi connectivity index (χ0) is 9.31. The Morgan fingerprint density at radius 1 is 1.31 bits per heavy atom. The maximum Gasteiger partial charge on any atom is 0.0948 e. The third-order valence-electron chi connectivity index (χ3n) is 3.29. The van der Waals surface area contributed by atoms with Gasteiger partial charge in [0, 0.05) is 5.54 Å². The summed E-state index contributed by atoms with van der Waals surface area (Å²) in [6.07, 6.45) is 4.78. The minimum Gasteiger partial charge on any atom is -0.389 e. The normalized spacial score (nSPS) is 38.3. The number of hydrogen-bond donors (Lipinski definition) is 2. The van der Waals surface area contributed by atoms with Crippen molar-refractivity contribution < 1.29 is 9.84 Å². The van der Waals surface area contributed by atoms with Crippen molar-refractivity contribution in [3.8, 4) is 0 Å². The Kier molecular flexibility index (Phi) is 2.58. The van der Waals surface area contributed by atoms with Crippen LogP contribution in [-0.2, 0) is 4.74 Å². The number of rotatable bonds is 2. The number of nitrogens with one attached hydrogen (secondary N) is 1. The molecule has 0 bridgehead atoms. The van der Waals surface area contributed by atoms with Gasteiger partial charge < -0.3 is 15.2 Å². The monoisotopic (exact) mass is 185 g/mol. The van der Waals surface area contributed by atoms with E-state index < -0.39 is 0 Å². The topological polar surface area (TPSA) is 41.5 Å². The highest BCUT2D eigenvalue weighted by molar-refractivity contribution is 4.94. The van der Waals surface area contributed by atoms with Crippen LogP contribution in [0.2, 0.25) is 0 Å². The second kappa shape index (κ2) is 3.56. The molecule has 2 N–H and O–H groups in total. The van der Waals surface area contributed by atoms with Gasteiger partial charge in [0.25, 0.3) is 0 Å². The van der Waals surface area contributed by atoms with E-state index in [9.17, 15) is 5.11 Å². The molecule has 2 atom stereocenters. The van der Waals surface area contributed by atoms with Gasteiger partial charge in [0.05, 0.1) is 25.4 Å². The van der Waals surface area contributed by atoms with Crippen LogP contribution in [-0.4, -0.2) is 36.0 Å². The predicted octanol–water partition coefficient (Wildman–Crippen LogP) is 0.668. The van der Waals surface area contributed by atoms with Gasteiger partial charge in [0.15, 0.2) is 0 Å². The molecule has 2 fully saturated rings. The van der Waals surface area contributed by atoms with Crippen molar-refractivity contribution in [1.82, 2.24) is 5.32 Å². The lowest BCUT2D eigenvalue weighted by Gasteiger charge is -2.30. The van der Waals surface area contributed by atoms with Crippen LogP contribution in [0, 0.1) is 0 Å². The van der Waals surface area contributed by atoms with Gasteiger partial charge in [-0.3, -0.25) is 0 Å². The van der Waals surface area contributed by atoms with Crippen LogP contribution in [0.5, 0.6) is 0 Å². The zero-order valence-corrected chi connectivity index (χ0v) is 8.25. The SMILES string of the molecule is CC1(NC2COCC2O)CCCC1. The van der Waals surface area contributed by atoms with Crippen molar-refractivity contribution in [3.63, 3.8) is 0 Å². The lowest BCUT2D eigenvalue weighted by atomic mass is 9.98. The molecule has 1 aliphatic heterocycles. The fourth-order valence-electron chi connectivity index (χ4n) is 2.43. The number of aliphatic hydroxyl groups excluding tert-OH is 1. The average Bonchev–Trinajstić information content (AvgIpc) is 2.64. The second-order valence-corrected chi connectivity index (χ2v) is 4.62. The molecule has 3 heteroatoms. The summed E-state index contributed by atoms with van der Waals surface area (Å²) in [4.78, 5) is 0. The van der Waals surface area contributed by atoms with Crippen LogP contribution in [0.25, 0.3) is 0 Å². The van der Waals surface area contributed by atoms with Gasteiger partial charge in [-0.1, -0.05) is 12.8 Å². The van der Waals surface area contributed by atoms with E-state index in [1.807, 2.05) is 0 Å². The molecule has 3 nitrogen and oxygen atoms in total. The first kappa shape index (κ1) is 9.44. The van der Waals surface area contributed by atoms with E-state index in [0.717, 1.165) is 0 Å². The molecule has 2 rings (SSSR count). The van der Waals surface area contributed by atoms with Gasteiger partial charge in [-0.2, -0.15) is 0 Å². The van der Waals surface area contributed by atoms with Crippen molar-refractivity contribution in [1.29, 1.82) is 0 Å². The van der Waals surface area contributed by atoms with E-state index in [2.05, 4.69) is 12.2 Å². The zero-order valence-electron chi connectivity index (χ0n) is 8.25. The number of aliphatic hydroxyl groups is 1. The van der Waals surface area contributed by atoms with E-state index in [4.69, 9.17) is 4.74 Å². The highest BCUT2D eigenvalue weighted by Gasteiger charge is 2.35. The molecule has 0 aromatic rings. The molecule has 0 spiro atoms. The summed E-state index contributed by atoms with van der Waals surface area (Å²) in [5, 5.41) is 13.1. The third kappa shape index (κ3) is 2.03. The molecule has 2 aliphatic rings. The van der Waals surface area contributed by atoms with E-state index >= 15 is 0 Å². The minimum atomic E-state index is -0.308. The Morgan fingerprint density at radius 3 is 2.54 bits per heavy atom. The summed E-state index contributed by atoms with van der Waals surface area (Å²) in [6.45, 7) is 3.41. The molecule has 1 heterocycles. The Hall–Kier alpha value is -0.120. The molecule has 76 valence electrons. The lowest BCUT2D eigenvalue weighted by Crippen LogP contribution is -2.50. The molecule has 0 amide bonds. The van der Waals surface area contributed by atoms with E-state index in [1.165, 1.54) is 25.7 Å². The van der Waals surface area contributed by atoms with Crippen LogP contribution < -0.4 is 5.32 Å². The molecule has 1 saturated carbocycles. The quantitative estimate of drug-likeness (QED) is 0.664. The third-order valence-corrected chi connectivity index (χ3v) is 3.29. The highest BCUT2D eigenvalue weighted by Crippen LogP contribution is 2.30. The largest absolute Gasteiger partial charge is 0.389 e. The van der Waals surface area contributed by atoms with Gasteiger partial charge in [-0.25, -0.2) is 0 Å². The molecule has 0 aromatic heterocycles. The fourth-order valence-corrected chi connectivity index (χ4v) is 2.43. The Labute approximate surface area is 79.5 Å². The van der Waals surface area contributed by atoms with Gasteiger partial charge in [-0.05, 0) is 19.8 Å². The van der Waals surface area contributed by atoms with Crippen LogP contribution >= 0.6 is 0 Å². The first-order valence-corrected chi connectivity index (χ1v) is 5.23. The molecule has 1 aliphatic carbocycles. The molecule has 1 saturated heterocycles. The molecule has 13 heavy (non-hydrogen) atoms. The maximum atomic E-state index is 9.58. The van der Waals surface area contributed by atoms with Gasteiger partial charge >= 0.3 is 0 Å².